The minimum atomic E-state index is -0.592. The number of rotatable bonds is 3. The molecule has 0 aliphatic carbocycles. The van der Waals surface area contributed by atoms with Crippen molar-refractivity contribution in [2.75, 3.05) is 5.32 Å². The molecule has 0 aliphatic rings. The lowest BCUT2D eigenvalue weighted by molar-refractivity contribution is 0.102. The number of nitrogens with one attached hydrogen (secondary N) is 1. The summed E-state index contributed by atoms with van der Waals surface area (Å²) in [7, 11) is 1.73. The summed E-state index contributed by atoms with van der Waals surface area (Å²) in [6, 6.07) is 12.7. The first kappa shape index (κ1) is 15.4. The number of benzene rings is 1. The molecule has 24 heavy (non-hydrogen) atoms. The molecule has 6 nitrogen and oxygen atoms in total. The van der Waals surface area contributed by atoms with Crippen LogP contribution in [-0.2, 0) is 7.05 Å². The van der Waals surface area contributed by atoms with E-state index in [9.17, 15) is 9.18 Å². The first-order valence-electron chi connectivity index (χ1n) is 7.05. The van der Waals surface area contributed by atoms with Gasteiger partial charge in [0.25, 0.3) is 5.91 Å². The summed E-state index contributed by atoms with van der Waals surface area (Å²) in [5, 5.41) is 15.5. The van der Waals surface area contributed by atoms with Crippen molar-refractivity contribution in [3.63, 3.8) is 0 Å². The average molecular weight is 321 g/mol. The molecule has 0 saturated heterocycles. The number of aryl methyl sites for hydroxylation is 1. The van der Waals surface area contributed by atoms with Crippen LogP contribution in [0.3, 0.4) is 0 Å². The van der Waals surface area contributed by atoms with Gasteiger partial charge in [-0.1, -0.05) is 12.1 Å². The number of amides is 1. The van der Waals surface area contributed by atoms with Crippen molar-refractivity contribution < 1.29 is 9.18 Å². The predicted octanol–water partition coefficient (Wildman–Crippen LogP) is 2.75. The third-order valence-corrected chi connectivity index (χ3v) is 3.41. The van der Waals surface area contributed by atoms with Gasteiger partial charge in [-0.15, -0.1) is 0 Å². The van der Waals surface area contributed by atoms with Gasteiger partial charge >= 0.3 is 0 Å². The van der Waals surface area contributed by atoms with Crippen molar-refractivity contribution >= 4 is 11.7 Å². The Balaban J connectivity index is 1.80. The summed E-state index contributed by atoms with van der Waals surface area (Å²) in [5.74, 6) is -0.860. The van der Waals surface area contributed by atoms with Crippen LogP contribution in [0.2, 0.25) is 0 Å². The number of nitriles is 1. The molecule has 1 N–H and O–H groups in total. The van der Waals surface area contributed by atoms with E-state index in [0.717, 1.165) is 11.3 Å². The van der Waals surface area contributed by atoms with E-state index in [1.807, 2.05) is 6.07 Å². The molecule has 2 aromatic heterocycles. The molecule has 1 aromatic carbocycles. The number of halogens is 1. The van der Waals surface area contributed by atoms with Crippen molar-refractivity contribution in [2.24, 2.45) is 7.05 Å². The van der Waals surface area contributed by atoms with Gasteiger partial charge in [0.05, 0.1) is 11.3 Å². The first-order chi connectivity index (χ1) is 11.6. The Hall–Kier alpha value is -3.53. The van der Waals surface area contributed by atoms with Crippen LogP contribution >= 0.6 is 0 Å². The molecule has 3 aromatic rings. The van der Waals surface area contributed by atoms with E-state index < -0.39 is 11.7 Å². The molecular formula is C17H12FN5O. The second-order valence-electron chi connectivity index (χ2n) is 5.02. The number of anilines is 1. The number of nitrogens with zero attached hydrogens (tertiary/aromatic N) is 4. The molecule has 0 fully saturated rings. The van der Waals surface area contributed by atoms with Crippen molar-refractivity contribution in [2.45, 2.75) is 0 Å². The molecule has 118 valence electrons. The minimum absolute atomic E-state index is 0.0475. The van der Waals surface area contributed by atoms with E-state index in [1.54, 1.807) is 42.2 Å². The summed E-state index contributed by atoms with van der Waals surface area (Å²) >= 11 is 0. The fourth-order valence-corrected chi connectivity index (χ4v) is 2.24. The number of hydrogen-bond donors (Lipinski definition) is 1. The zero-order valence-electron chi connectivity index (χ0n) is 12.7. The van der Waals surface area contributed by atoms with Gasteiger partial charge in [0.15, 0.2) is 5.69 Å². The zero-order chi connectivity index (χ0) is 17.1. The molecule has 0 unspecified atom stereocenters. The fraction of sp³-hybridized carbons (Fsp3) is 0.0588. The van der Waals surface area contributed by atoms with Crippen LogP contribution in [0.25, 0.3) is 11.3 Å². The average Bonchev–Trinajstić information content (AvgIpc) is 2.97. The standard InChI is InChI=1S/C17H12FN5O/c1-23-15(8-12(9-19)22-23)11-6-7-16(20-10-11)21-17(24)13-4-2-3-5-14(13)18/h2-8,10H,1H3,(H,20,21,24). The summed E-state index contributed by atoms with van der Waals surface area (Å²) in [6.07, 6.45) is 1.55. The number of hydrogen-bond acceptors (Lipinski definition) is 4. The number of pyridine rings is 1. The largest absolute Gasteiger partial charge is 0.306 e. The second kappa shape index (κ2) is 6.30. The van der Waals surface area contributed by atoms with Crippen molar-refractivity contribution in [1.82, 2.24) is 14.8 Å². The van der Waals surface area contributed by atoms with Crippen LogP contribution < -0.4 is 5.32 Å². The maximum absolute atomic E-state index is 13.6. The Morgan fingerprint density at radius 2 is 2.08 bits per heavy atom. The molecule has 0 spiro atoms. The van der Waals surface area contributed by atoms with E-state index in [0.29, 0.717) is 11.5 Å². The third-order valence-electron chi connectivity index (χ3n) is 3.41. The van der Waals surface area contributed by atoms with Crippen LogP contribution in [0.5, 0.6) is 0 Å². The number of aromatic nitrogens is 3. The van der Waals surface area contributed by atoms with E-state index in [-0.39, 0.29) is 5.56 Å². The highest BCUT2D eigenvalue weighted by Gasteiger charge is 2.12. The Morgan fingerprint density at radius 1 is 1.29 bits per heavy atom. The highest BCUT2D eigenvalue weighted by Crippen LogP contribution is 2.20. The van der Waals surface area contributed by atoms with Gasteiger partial charge in [0, 0.05) is 24.9 Å². The molecular weight excluding hydrogens is 309 g/mol. The molecule has 0 radical (unpaired) electrons. The molecule has 0 saturated carbocycles. The monoisotopic (exact) mass is 321 g/mol. The smallest absolute Gasteiger partial charge is 0.259 e. The molecule has 0 bridgehead atoms. The minimum Gasteiger partial charge on any atom is -0.306 e. The van der Waals surface area contributed by atoms with Gasteiger partial charge in [-0.05, 0) is 24.3 Å². The summed E-state index contributed by atoms with van der Waals surface area (Å²) < 4.78 is 15.2. The van der Waals surface area contributed by atoms with Gasteiger partial charge in [0.1, 0.15) is 17.7 Å². The van der Waals surface area contributed by atoms with E-state index in [1.165, 1.54) is 18.2 Å². The highest BCUT2D eigenvalue weighted by atomic mass is 19.1. The van der Waals surface area contributed by atoms with Crippen molar-refractivity contribution in [3.05, 3.63) is 65.7 Å². The zero-order valence-corrected chi connectivity index (χ0v) is 12.7. The second-order valence-corrected chi connectivity index (χ2v) is 5.02. The maximum atomic E-state index is 13.6. The van der Waals surface area contributed by atoms with E-state index >= 15 is 0 Å². The highest BCUT2D eigenvalue weighted by molar-refractivity contribution is 6.03. The van der Waals surface area contributed by atoms with Crippen LogP contribution in [0.4, 0.5) is 10.2 Å². The van der Waals surface area contributed by atoms with Gasteiger partial charge < -0.3 is 5.32 Å². The third kappa shape index (κ3) is 2.98. The lowest BCUT2D eigenvalue weighted by Crippen LogP contribution is -2.14. The first-order valence-corrected chi connectivity index (χ1v) is 7.05. The SMILES string of the molecule is Cn1nc(C#N)cc1-c1ccc(NC(=O)c2ccccc2F)nc1. The van der Waals surface area contributed by atoms with E-state index in [4.69, 9.17) is 5.26 Å². The summed E-state index contributed by atoms with van der Waals surface area (Å²) in [6.45, 7) is 0. The van der Waals surface area contributed by atoms with Crippen molar-refractivity contribution in [3.8, 4) is 17.3 Å². The normalized spacial score (nSPS) is 10.2. The number of carbonyl (C=O) groups is 1. The van der Waals surface area contributed by atoms with Crippen LogP contribution in [0.15, 0.2) is 48.7 Å². The molecule has 1 amide bonds. The Labute approximate surface area is 137 Å². The fourth-order valence-electron chi connectivity index (χ4n) is 2.24. The molecule has 3 rings (SSSR count). The Kier molecular flexibility index (Phi) is 4.03. The van der Waals surface area contributed by atoms with Gasteiger partial charge in [-0.25, -0.2) is 9.37 Å². The predicted molar refractivity (Wildman–Crippen MR) is 85.5 cm³/mol. The van der Waals surface area contributed by atoms with Crippen LogP contribution in [-0.4, -0.2) is 20.7 Å². The summed E-state index contributed by atoms with van der Waals surface area (Å²) in [4.78, 5) is 16.2. The van der Waals surface area contributed by atoms with Crippen LogP contribution in [0.1, 0.15) is 16.1 Å². The quantitative estimate of drug-likeness (QED) is 0.804. The Morgan fingerprint density at radius 3 is 2.71 bits per heavy atom. The van der Waals surface area contributed by atoms with Gasteiger partial charge in [-0.3, -0.25) is 9.48 Å². The lowest BCUT2D eigenvalue weighted by atomic mass is 10.2. The number of carbonyl (C=O) groups excluding carboxylic acids is 1. The Bertz CT molecular complexity index is 940. The van der Waals surface area contributed by atoms with Crippen molar-refractivity contribution in [1.29, 1.82) is 5.26 Å². The van der Waals surface area contributed by atoms with Gasteiger partial charge in [-0.2, -0.15) is 10.4 Å². The summed E-state index contributed by atoms with van der Waals surface area (Å²) in [5.41, 5.74) is 1.74. The van der Waals surface area contributed by atoms with Crippen LogP contribution in [0, 0.1) is 17.1 Å². The lowest BCUT2D eigenvalue weighted by Gasteiger charge is -2.06. The van der Waals surface area contributed by atoms with Gasteiger partial charge in [0.2, 0.25) is 0 Å². The van der Waals surface area contributed by atoms with E-state index in [2.05, 4.69) is 15.4 Å². The topological polar surface area (TPSA) is 83.6 Å². The molecule has 0 atom stereocenters. The molecule has 0 aliphatic heterocycles. The molecule has 7 heteroatoms. The molecule has 2 heterocycles. The maximum Gasteiger partial charge on any atom is 0.259 e.